The highest BCUT2D eigenvalue weighted by atomic mass is 32.2. The van der Waals surface area contributed by atoms with Crippen LogP contribution in [0.3, 0.4) is 0 Å². The fraction of sp³-hybridized carbons (Fsp3) is 0.429. The summed E-state index contributed by atoms with van der Waals surface area (Å²) >= 11 is 0. The van der Waals surface area contributed by atoms with E-state index in [1.165, 1.54) is 12.1 Å². The summed E-state index contributed by atoms with van der Waals surface area (Å²) in [6.07, 6.45) is 0.853. The number of aromatic nitrogens is 3. The smallest absolute Gasteiger partial charge is 0.241 e. The van der Waals surface area contributed by atoms with Gasteiger partial charge in [0.15, 0.2) is 5.82 Å². The number of sulfonamides is 1. The van der Waals surface area contributed by atoms with Crippen molar-refractivity contribution in [3.63, 3.8) is 0 Å². The van der Waals surface area contributed by atoms with Crippen molar-refractivity contribution < 1.29 is 17.5 Å². The van der Waals surface area contributed by atoms with Crippen molar-refractivity contribution in [2.75, 3.05) is 13.2 Å². The highest BCUT2D eigenvalue weighted by Gasteiger charge is 2.22. The molecule has 1 saturated heterocycles. The SMILES string of the molecule is Cc1cc(F)cc(S(=O)(=O)NCc2nc(C3CCOC3)n[nH]2)c1. The summed E-state index contributed by atoms with van der Waals surface area (Å²) in [7, 11) is -3.82. The van der Waals surface area contributed by atoms with E-state index in [1.54, 1.807) is 6.92 Å². The first kappa shape index (κ1) is 16.0. The third kappa shape index (κ3) is 3.74. The third-order valence-corrected chi connectivity index (χ3v) is 4.98. The highest BCUT2D eigenvalue weighted by Crippen LogP contribution is 2.21. The van der Waals surface area contributed by atoms with E-state index in [2.05, 4.69) is 19.9 Å². The van der Waals surface area contributed by atoms with Gasteiger partial charge in [0, 0.05) is 12.5 Å². The number of H-pyrrole nitrogens is 1. The first-order valence-electron chi connectivity index (χ1n) is 7.20. The Morgan fingerprint density at radius 1 is 1.43 bits per heavy atom. The molecule has 0 saturated carbocycles. The maximum atomic E-state index is 13.4. The van der Waals surface area contributed by atoms with Crippen LogP contribution in [0.15, 0.2) is 23.1 Å². The Hall–Kier alpha value is -1.84. The summed E-state index contributed by atoms with van der Waals surface area (Å²) in [6.45, 7) is 2.85. The molecular formula is C14H17FN4O3S. The number of ether oxygens (including phenoxy) is 1. The number of rotatable bonds is 5. The van der Waals surface area contributed by atoms with Crippen molar-refractivity contribution in [2.24, 2.45) is 0 Å². The Morgan fingerprint density at radius 2 is 2.26 bits per heavy atom. The van der Waals surface area contributed by atoms with Crippen LogP contribution in [0.4, 0.5) is 4.39 Å². The molecule has 1 aromatic heterocycles. The van der Waals surface area contributed by atoms with Gasteiger partial charge in [-0.1, -0.05) is 0 Å². The Kier molecular flexibility index (Phi) is 4.42. The molecule has 0 aliphatic carbocycles. The molecule has 2 aromatic rings. The molecule has 2 N–H and O–H groups in total. The van der Waals surface area contributed by atoms with Crippen LogP contribution in [0.25, 0.3) is 0 Å². The number of aromatic amines is 1. The first-order chi connectivity index (χ1) is 10.9. The highest BCUT2D eigenvalue weighted by molar-refractivity contribution is 7.89. The number of hydrogen-bond acceptors (Lipinski definition) is 5. The number of nitrogens with one attached hydrogen (secondary N) is 2. The summed E-state index contributed by atoms with van der Waals surface area (Å²) in [6, 6.07) is 3.66. The van der Waals surface area contributed by atoms with E-state index in [0.717, 1.165) is 12.5 Å². The van der Waals surface area contributed by atoms with E-state index in [4.69, 9.17) is 4.74 Å². The lowest BCUT2D eigenvalue weighted by Crippen LogP contribution is -2.24. The minimum atomic E-state index is -3.82. The van der Waals surface area contributed by atoms with Crippen molar-refractivity contribution in [3.8, 4) is 0 Å². The lowest BCUT2D eigenvalue weighted by atomic mass is 10.1. The molecular weight excluding hydrogens is 323 g/mol. The maximum Gasteiger partial charge on any atom is 0.241 e. The molecule has 1 aliphatic heterocycles. The second kappa shape index (κ2) is 6.34. The molecule has 1 unspecified atom stereocenters. The number of hydrogen-bond donors (Lipinski definition) is 2. The third-order valence-electron chi connectivity index (χ3n) is 3.60. The fourth-order valence-corrected chi connectivity index (χ4v) is 3.52. The fourth-order valence-electron chi connectivity index (χ4n) is 2.41. The van der Waals surface area contributed by atoms with E-state index < -0.39 is 15.8 Å². The maximum absolute atomic E-state index is 13.4. The van der Waals surface area contributed by atoms with Crippen LogP contribution in [0, 0.1) is 12.7 Å². The topological polar surface area (TPSA) is 97.0 Å². The van der Waals surface area contributed by atoms with Crippen molar-refractivity contribution in [1.29, 1.82) is 0 Å². The van der Waals surface area contributed by atoms with Gasteiger partial charge < -0.3 is 4.74 Å². The number of nitrogens with zero attached hydrogens (tertiary/aromatic N) is 2. The molecule has 124 valence electrons. The molecule has 2 heterocycles. The molecule has 1 fully saturated rings. The average molecular weight is 340 g/mol. The van der Waals surface area contributed by atoms with Crippen LogP contribution in [0.2, 0.25) is 0 Å². The van der Waals surface area contributed by atoms with Crippen molar-refractivity contribution in [2.45, 2.75) is 30.7 Å². The summed E-state index contributed by atoms with van der Waals surface area (Å²) in [5.41, 5.74) is 0.536. The zero-order chi connectivity index (χ0) is 16.4. The predicted octanol–water partition coefficient (Wildman–Crippen LogP) is 1.23. The van der Waals surface area contributed by atoms with Gasteiger partial charge in [0.1, 0.15) is 11.6 Å². The predicted molar refractivity (Wildman–Crippen MR) is 79.7 cm³/mol. The van der Waals surface area contributed by atoms with E-state index in [1.807, 2.05) is 0 Å². The molecule has 0 radical (unpaired) electrons. The summed E-state index contributed by atoms with van der Waals surface area (Å²) in [5.74, 6) is 0.581. The van der Waals surface area contributed by atoms with Gasteiger partial charge in [-0.05, 0) is 37.1 Å². The summed E-state index contributed by atoms with van der Waals surface area (Å²) in [4.78, 5) is 4.16. The second-order valence-electron chi connectivity index (χ2n) is 5.49. The molecule has 7 nitrogen and oxygen atoms in total. The molecule has 9 heteroatoms. The van der Waals surface area contributed by atoms with E-state index in [9.17, 15) is 12.8 Å². The van der Waals surface area contributed by atoms with E-state index in [0.29, 0.717) is 30.4 Å². The first-order valence-corrected chi connectivity index (χ1v) is 8.68. The lowest BCUT2D eigenvalue weighted by molar-refractivity contribution is 0.193. The Labute approximate surface area is 133 Å². The lowest BCUT2D eigenvalue weighted by Gasteiger charge is -2.06. The summed E-state index contributed by atoms with van der Waals surface area (Å²) < 4.78 is 45.5. The van der Waals surface area contributed by atoms with Crippen LogP contribution in [0.1, 0.15) is 29.6 Å². The van der Waals surface area contributed by atoms with Crippen LogP contribution >= 0.6 is 0 Å². The van der Waals surface area contributed by atoms with Gasteiger partial charge >= 0.3 is 0 Å². The number of halogens is 1. The molecule has 3 rings (SSSR count). The number of benzene rings is 1. The van der Waals surface area contributed by atoms with Crippen molar-refractivity contribution in [3.05, 3.63) is 41.2 Å². The summed E-state index contributed by atoms with van der Waals surface area (Å²) in [5, 5.41) is 6.80. The zero-order valence-electron chi connectivity index (χ0n) is 12.5. The van der Waals surface area contributed by atoms with Gasteiger partial charge in [0.25, 0.3) is 0 Å². The zero-order valence-corrected chi connectivity index (χ0v) is 13.4. The average Bonchev–Trinajstić information content (AvgIpc) is 3.15. The largest absolute Gasteiger partial charge is 0.381 e. The molecule has 1 atom stereocenters. The Balaban J connectivity index is 1.69. The molecule has 0 spiro atoms. The van der Waals surface area contributed by atoms with Gasteiger partial charge in [0.2, 0.25) is 10.0 Å². The monoisotopic (exact) mass is 340 g/mol. The van der Waals surface area contributed by atoms with Gasteiger partial charge in [-0.2, -0.15) is 5.10 Å². The normalized spacial score (nSPS) is 18.4. The van der Waals surface area contributed by atoms with Gasteiger partial charge in [-0.15, -0.1) is 0 Å². The van der Waals surface area contributed by atoms with Crippen LogP contribution in [-0.4, -0.2) is 36.8 Å². The van der Waals surface area contributed by atoms with Gasteiger partial charge in [0.05, 0.1) is 18.0 Å². The second-order valence-corrected chi connectivity index (χ2v) is 7.26. The molecule has 23 heavy (non-hydrogen) atoms. The van der Waals surface area contributed by atoms with Crippen LogP contribution < -0.4 is 4.72 Å². The van der Waals surface area contributed by atoms with E-state index in [-0.39, 0.29) is 17.4 Å². The van der Waals surface area contributed by atoms with Crippen molar-refractivity contribution in [1.82, 2.24) is 19.9 Å². The minimum Gasteiger partial charge on any atom is -0.381 e. The molecule has 1 aliphatic rings. The molecule has 0 amide bonds. The van der Waals surface area contributed by atoms with Gasteiger partial charge in [-0.25, -0.2) is 22.5 Å². The minimum absolute atomic E-state index is 0.0432. The Bertz CT molecular complexity index is 780. The molecule has 0 bridgehead atoms. The number of aryl methyl sites for hydroxylation is 1. The van der Waals surface area contributed by atoms with Crippen LogP contribution in [0.5, 0.6) is 0 Å². The standard InChI is InChI=1S/C14H17FN4O3S/c1-9-4-11(15)6-12(5-9)23(20,21)16-7-13-17-14(19-18-13)10-2-3-22-8-10/h4-6,10,16H,2-3,7-8H2,1H3,(H,17,18,19). The van der Waals surface area contributed by atoms with Crippen molar-refractivity contribution >= 4 is 10.0 Å². The molecule has 1 aromatic carbocycles. The quantitative estimate of drug-likeness (QED) is 0.853. The van der Waals surface area contributed by atoms with Crippen LogP contribution in [-0.2, 0) is 21.3 Å². The Morgan fingerprint density at radius 3 is 2.96 bits per heavy atom. The van der Waals surface area contributed by atoms with Gasteiger partial charge in [-0.3, -0.25) is 5.10 Å². The van der Waals surface area contributed by atoms with E-state index >= 15 is 0 Å².